The van der Waals surface area contributed by atoms with Crippen LogP contribution in [0.4, 0.5) is 0 Å². The van der Waals surface area contributed by atoms with Crippen LogP contribution in [0.15, 0.2) is 30.6 Å². The molecule has 1 aromatic heterocycles. The average Bonchev–Trinajstić information content (AvgIpc) is 2.30. The maximum atomic E-state index is 10.7. The Labute approximate surface area is 134 Å². The Bertz CT molecular complexity index is 286. The van der Waals surface area contributed by atoms with E-state index in [4.69, 9.17) is 0 Å². The molecule has 0 saturated carbocycles. The van der Waals surface area contributed by atoms with Gasteiger partial charge in [-0.05, 0) is 23.8 Å². The smallest absolute Gasteiger partial charge is 0.652 e. The number of pyridine rings is 1. The third kappa shape index (κ3) is 8.96. The molecule has 0 atom stereocenters. The standard InChI is InChI=1S/C9H10N2O.C2H6.K/c1-10-9(12)3-2-8-4-6-11-7-5-8;1-2;/h2-7H,1H3,(H,10,12);1-2H3;/q;;+1/p-1/b3-2+;;. The van der Waals surface area contributed by atoms with Crippen molar-refractivity contribution < 1.29 is 56.2 Å². The fourth-order valence-electron chi connectivity index (χ4n) is 0.717. The minimum Gasteiger partial charge on any atom is -0.652 e. The average molecular weight is 230 g/mol. The summed E-state index contributed by atoms with van der Waals surface area (Å²) < 4.78 is 0. The number of carbonyl (C=O) groups excluding carboxylic acids is 1. The van der Waals surface area contributed by atoms with Gasteiger partial charge in [-0.1, -0.05) is 19.9 Å². The summed E-state index contributed by atoms with van der Waals surface area (Å²) in [6, 6.07) is 3.64. The zero-order chi connectivity index (χ0) is 10.8. The van der Waals surface area contributed by atoms with Gasteiger partial charge in [0.15, 0.2) is 0 Å². The van der Waals surface area contributed by atoms with Gasteiger partial charge < -0.3 is 10.1 Å². The molecule has 0 bridgehead atoms. The Morgan fingerprint density at radius 1 is 1.33 bits per heavy atom. The zero-order valence-electron chi connectivity index (χ0n) is 9.77. The Hall–Kier alpha value is -0.00364. The van der Waals surface area contributed by atoms with Gasteiger partial charge in [0, 0.05) is 12.4 Å². The third-order valence-corrected chi connectivity index (χ3v) is 1.34. The summed E-state index contributed by atoms with van der Waals surface area (Å²) in [5.41, 5.74) is 0.946. The van der Waals surface area contributed by atoms with Gasteiger partial charge >= 0.3 is 51.4 Å². The van der Waals surface area contributed by atoms with Crippen LogP contribution in [0.2, 0.25) is 0 Å². The van der Waals surface area contributed by atoms with E-state index in [1.807, 2.05) is 26.0 Å². The fraction of sp³-hybridized carbons (Fsp3) is 0.273. The summed E-state index contributed by atoms with van der Waals surface area (Å²) in [5, 5.41) is 3.46. The molecule has 0 unspecified atom stereocenters. The second-order valence-corrected chi connectivity index (χ2v) is 2.18. The number of nitrogens with zero attached hydrogens (tertiary/aromatic N) is 2. The molecule has 1 rings (SSSR count). The van der Waals surface area contributed by atoms with Crippen LogP contribution in [-0.4, -0.2) is 17.9 Å². The van der Waals surface area contributed by atoms with Gasteiger partial charge in [0.2, 0.25) is 0 Å². The molecule has 15 heavy (non-hydrogen) atoms. The first-order valence-corrected chi connectivity index (χ1v) is 4.55. The second-order valence-electron chi connectivity index (χ2n) is 2.18. The summed E-state index contributed by atoms with van der Waals surface area (Å²) >= 11 is 0. The van der Waals surface area contributed by atoms with E-state index < -0.39 is 0 Å². The molecular weight excluding hydrogens is 215 g/mol. The number of likely N-dealkylation sites (N-methyl/N-ethyl adjacent to an activating group) is 1. The van der Waals surface area contributed by atoms with Crippen molar-refractivity contribution in [2.45, 2.75) is 13.8 Å². The monoisotopic (exact) mass is 230 g/mol. The first-order chi connectivity index (χ1) is 6.83. The minimum atomic E-state index is -0.230. The van der Waals surface area contributed by atoms with Crippen LogP contribution in [0, 0.1) is 0 Å². The minimum absolute atomic E-state index is 0. The molecule has 1 heterocycles. The van der Waals surface area contributed by atoms with E-state index in [0.29, 0.717) is 0 Å². The van der Waals surface area contributed by atoms with Crippen LogP contribution in [0.5, 0.6) is 0 Å². The number of amides is 1. The maximum absolute atomic E-state index is 10.7. The SMILES string of the molecule is CC.C[N-]C(=O)/C=C/c1ccncc1.[K+]. The molecule has 76 valence electrons. The first kappa shape index (κ1) is 17.4. The molecule has 0 aliphatic carbocycles. The fourth-order valence-corrected chi connectivity index (χ4v) is 0.717. The number of hydrogen-bond acceptors (Lipinski definition) is 2. The maximum Gasteiger partial charge on any atom is 1.00 e. The van der Waals surface area contributed by atoms with Gasteiger partial charge in [-0.15, -0.1) is 7.05 Å². The summed E-state index contributed by atoms with van der Waals surface area (Å²) in [5.74, 6) is -0.230. The van der Waals surface area contributed by atoms with E-state index in [1.54, 1.807) is 18.5 Å². The molecular formula is C11H15KN2O. The van der Waals surface area contributed by atoms with Crippen molar-refractivity contribution in [2.75, 3.05) is 7.05 Å². The molecule has 4 heteroatoms. The molecule has 0 saturated heterocycles. The van der Waals surface area contributed by atoms with Crippen molar-refractivity contribution in [3.63, 3.8) is 0 Å². The van der Waals surface area contributed by atoms with E-state index in [9.17, 15) is 4.79 Å². The van der Waals surface area contributed by atoms with E-state index in [-0.39, 0.29) is 57.3 Å². The van der Waals surface area contributed by atoms with Gasteiger partial charge in [-0.3, -0.25) is 4.98 Å². The van der Waals surface area contributed by atoms with Gasteiger partial charge in [-0.2, -0.15) is 0 Å². The van der Waals surface area contributed by atoms with E-state index >= 15 is 0 Å². The number of hydrogen-bond donors (Lipinski definition) is 0. The van der Waals surface area contributed by atoms with Gasteiger partial charge in [0.05, 0.1) is 5.91 Å². The quantitative estimate of drug-likeness (QED) is 0.515. The predicted octanol–water partition coefficient (Wildman–Crippen LogP) is -0.345. The van der Waals surface area contributed by atoms with Gasteiger partial charge in [0.1, 0.15) is 0 Å². The van der Waals surface area contributed by atoms with Crippen molar-refractivity contribution in [2.24, 2.45) is 0 Å². The summed E-state index contributed by atoms with van der Waals surface area (Å²) in [6.45, 7) is 4.00. The van der Waals surface area contributed by atoms with Crippen molar-refractivity contribution >= 4 is 12.0 Å². The van der Waals surface area contributed by atoms with Crippen LogP contribution in [0.3, 0.4) is 0 Å². The van der Waals surface area contributed by atoms with Crippen molar-refractivity contribution in [1.82, 2.24) is 4.98 Å². The largest absolute Gasteiger partial charge is 1.00 e. The van der Waals surface area contributed by atoms with Crippen LogP contribution in [0.1, 0.15) is 19.4 Å². The van der Waals surface area contributed by atoms with Crippen LogP contribution in [-0.2, 0) is 4.79 Å². The predicted molar refractivity (Wildman–Crippen MR) is 58.9 cm³/mol. The Kier molecular flexibility index (Phi) is 14.0. The molecule has 0 fully saturated rings. The summed E-state index contributed by atoms with van der Waals surface area (Å²) in [4.78, 5) is 14.6. The zero-order valence-corrected chi connectivity index (χ0v) is 12.9. The summed E-state index contributed by atoms with van der Waals surface area (Å²) in [6.07, 6.45) is 6.48. The second kappa shape index (κ2) is 12.1. The summed E-state index contributed by atoms with van der Waals surface area (Å²) in [7, 11) is 1.47. The molecule has 0 aliphatic heterocycles. The van der Waals surface area contributed by atoms with Gasteiger partial charge in [-0.25, -0.2) is 0 Å². The van der Waals surface area contributed by atoms with Crippen molar-refractivity contribution in [3.05, 3.63) is 41.5 Å². The molecule has 0 aliphatic rings. The third-order valence-electron chi connectivity index (χ3n) is 1.34. The Morgan fingerprint density at radius 2 is 1.87 bits per heavy atom. The van der Waals surface area contributed by atoms with Crippen molar-refractivity contribution in [3.8, 4) is 0 Å². The van der Waals surface area contributed by atoms with Crippen LogP contribution in [0.25, 0.3) is 11.4 Å². The molecule has 0 radical (unpaired) electrons. The number of carbonyl (C=O) groups is 1. The van der Waals surface area contributed by atoms with Crippen LogP contribution >= 0.6 is 0 Å². The molecule has 1 amide bonds. The Balaban J connectivity index is 0. The molecule has 0 aromatic carbocycles. The molecule has 1 aromatic rings. The number of aromatic nitrogens is 1. The topological polar surface area (TPSA) is 44.1 Å². The van der Waals surface area contributed by atoms with Gasteiger partial charge in [0.25, 0.3) is 0 Å². The van der Waals surface area contributed by atoms with E-state index in [2.05, 4.69) is 10.3 Å². The van der Waals surface area contributed by atoms with E-state index in [1.165, 1.54) is 13.1 Å². The normalized spacial score (nSPS) is 8.47. The van der Waals surface area contributed by atoms with Crippen LogP contribution < -0.4 is 51.4 Å². The molecule has 3 nitrogen and oxygen atoms in total. The first-order valence-electron chi connectivity index (χ1n) is 4.55. The van der Waals surface area contributed by atoms with E-state index in [0.717, 1.165) is 5.56 Å². The van der Waals surface area contributed by atoms with Crippen molar-refractivity contribution in [1.29, 1.82) is 0 Å². The molecule has 0 N–H and O–H groups in total. The Morgan fingerprint density at radius 3 is 2.33 bits per heavy atom. The number of rotatable bonds is 2. The molecule has 0 spiro atoms.